The second-order valence-corrected chi connectivity index (χ2v) is 10.8. The van der Waals surface area contributed by atoms with Gasteiger partial charge in [0.2, 0.25) is 0 Å². The zero-order valence-corrected chi connectivity index (χ0v) is 22.2. The van der Waals surface area contributed by atoms with Crippen molar-refractivity contribution in [2.75, 3.05) is 4.90 Å². The quantitative estimate of drug-likeness (QED) is 0.212. The van der Waals surface area contributed by atoms with Gasteiger partial charge in [-0.3, -0.25) is 14.9 Å². The van der Waals surface area contributed by atoms with Crippen LogP contribution in [0.25, 0.3) is 16.8 Å². The van der Waals surface area contributed by atoms with E-state index in [4.69, 9.17) is 4.18 Å². The molecule has 1 aliphatic heterocycles. The topological polar surface area (TPSA) is 110 Å². The highest BCUT2D eigenvalue weighted by molar-refractivity contribution is 7.87. The first-order valence-electron chi connectivity index (χ1n) is 12.1. The minimum Gasteiger partial charge on any atom is -0.378 e. The maximum absolute atomic E-state index is 13.6. The molecule has 8 nitrogen and oxygen atoms in total. The molecule has 0 atom stereocenters. The number of hydrogen-bond donors (Lipinski definition) is 1. The standard InChI is InChI=1S/C30H24N2O6S/c1-18-8-13-23(14-9-18)39(36,37)38-27-15-11-21-6-4-5-7-24(21)25(27)17-26-28(33)31-30(35)32(29(26)34)22-12-10-19(2)20(3)16-22/h4-17H,1-3H3,(H,31,33,35)/b26-17+. The fraction of sp³-hybridized carbons (Fsp3) is 0.100. The van der Waals surface area contributed by atoms with E-state index in [2.05, 4.69) is 5.32 Å². The average Bonchev–Trinajstić information content (AvgIpc) is 2.89. The summed E-state index contributed by atoms with van der Waals surface area (Å²) in [6, 6.07) is 20.6. The van der Waals surface area contributed by atoms with Crippen LogP contribution in [0.1, 0.15) is 22.3 Å². The van der Waals surface area contributed by atoms with Gasteiger partial charge in [0.15, 0.2) is 5.75 Å². The zero-order chi connectivity index (χ0) is 27.9. The molecule has 0 spiro atoms. The average molecular weight is 541 g/mol. The number of nitrogens with zero attached hydrogens (tertiary/aromatic N) is 1. The lowest BCUT2D eigenvalue weighted by Gasteiger charge is -2.27. The Labute approximate surface area is 225 Å². The van der Waals surface area contributed by atoms with Crippen LogP contribution in [0.2, 0.25) is 0 Å². The normalized spacial score (nSPS) is 15.1. The predicted molar refractivity (Wildman–Crippen MR) is 148 cm³/mol. The lowest BCUT2D eigenvalue weighted by molar-refractivity contribution is -0.122. The fourth-order valence-corrected chi connectivity index (χ4v) is 5.22. The second-order valence-electron chi connectivity index (χ2n) is 9.28. The third-order valence-electron chi connectivity index (χ3n) is 6.58. The maximum Gasteiger partial charge on any atom is 0.339 e. The number of fused-ring (bicyclic) bond motifs is 1. The van der Waals surface area contributed by atoms with Crippen LogP contribution >= 0.6 is 0 Å². The Morgan fingerprint density at radius 2 is 1.54 bits per heavy atom. The molecule has 5 rings (SSSR count). The van der Waals surface area contributed by atoms with Crippen molar-refractivity contribution in [3.8, 4) is 5.75 Å². The summed E-state index contributed by atoms with van der Waals surface area (Å²) in [5.74, 6) is -1.81. The number of carbonyl (C=O) groups excluding carboxylic acids is 3. The van der Waals surface area contributed by atoms with Gasteiger partial charge in [-0.05, 0) is 79.1 Å². The number of urea groups is 1. The molecular weight excluding hydrogens is 516 g/mol. The summed E-state index contributed by atoms with van der Waals surface area (Å²) >= 11 is 0. The first-order chi connectivity index (χ1) is 18.5. The number of hydrogen-bond acceptors (Lipinski definition) is 6. The van der Waals surface area contributed by atoms with Gasteiger partial charge < -0.3 is 4.18 Å². The molecule has 0 bridgehead atoms. The number of aryl methyl sites for hydroxylation is 3. The van der Waals surface area contributed by atoms with Gasteiger partial charge in [-0.2, -0.15) is 8.42 Å². The van der Waals surface area contributed by atoms with Crippen molar-refractivity contribution in [3.63, 3.8) is 0 Å². The molecule has 1 heterocycles. The Kier molecular flexibility index (Phi) is 6.53. The highest BCUT2D eigenvalue weighted by atomic mass is 32.2. The van der Waals surface area contributed by atoms with Gasteiger partial charge in [-0.1, -0.05) is 54.1 Å². The minimum atomic E-state index is -4.24. The molecule has 4 amide bonds. The summed E-state index contributed by atoms with van der Waals surface area (Å²) in [6.07, 6.45) is 1.26. The third-order valence-corrected chi connectivity index (χ3v) is 7.83. The molecular formula is C30H24N2O6S. The highest BCUT2D eigenvalue weighted by Crippen LogP contribution is 2.34. The van der Waals surface area contributed by atoms with Gasteiger partial charge in [0.1, 0.15) is 10.5 Å². The molecule has 1 fully saturated rings. The van der Waals surface area contributed by atoms with Gasteiger partial charge >= 0.3 is 16.1 Å². The number of amides is 4. The van der Waals surface area contributed by atoms with E-state index >= 15 is 0 Å². The molecule has 0 unspecified atom stereocenters. The fourth-order valence-electron chi connectivity index (χ4n) is 4.27. The lowest BCUT2D eigenvalue weighted by atomic mass is 9.99. The number of barbiturate groups is 1. The first kappa shape index (κ1) is 25.9. The van der Waals surface area contributed by atoms with Gasteiger partial charge in [0.25, 0.3) is 11.8 Å². The molecule has 1 N–H and O–H groups in total. The van der Waals surface area contributed by atoms with E-state index in [1.165, 1.54) is 24.3 Å². The molecule has 0 saturated carbocycles. The number of anilines is 1. The predicted octanol–water partition coefficient (Wildman–Crippen LogP) is 5.20. The van der Waals surface area contributed by atoms with E-state index in [-0.39, 0.29) is 21.8 Å². The SMILES string of the molecule is Cc1ccc(S(=O)(=O)Oc2ccc3ccccc3c2/C=C2\C(=O)NC(=O)N(c3ccc(C)c(C)c3)C2=O)cc1. The molecule has 196 valence electrons. The van der Waals surface area contributed by atoms with E-state index in [0.717, 1.165) is 27.0 Å². The summed E-state index contributed by atoms with van der Waals surface area (Å²) in [6.45, 7) is 5.59. The largest absolute Gasteiger partial charge is 0.378 e. The molecule has 4 aromatic carbocycles. The summed E-state index contributed by atoms with van der Waals surface area (Å²) in [5, 5.41) is 3.49. The number of carbonyl (C=O) groups is 3. The number of rotatable bonds is 5. The molecule has 9 heteroatoms. The Morgan fingerprint density at radius 3 is 2.26 bits per heavy atom. The second kappa shape index (κ2) is 9.85. The van der Waals surface area contributed by atoms with Crippen LogP contribution in [0, 0.1) is 20.8 Å². The molecule has 0 aliphatic carbocycles. The monoisotopic (exact) mass is 540 g/mol. The Hall–Kier alpha value is -4.76. The maximum atomic E-state index is 13.6. The van der Waals surface area contributed by atoms with Gasteiger partial charge in [0.05, 0.1) is 5.69 Å². The van der Waals surface area contributed by atoms with Crippen molar-refractivity contribution >= 4 is 50.5 Å². The van der Waals surface area contributed by atoms with Crippen molar-refractivity contribution in [2.24, 2.45) is 0 Å². The highest BCUT2D eigenvalue weighted by Gasteiger charge is 2.37. The van der Waals surface area contributed by atoms with Gasteiger partial charge in [-0.25, -0.2) is 9.69 Å². The van der Waals surface area contributed by atoms with Crippen LogP contribution in [-0.2, 0) is 19.7 Å². The van der Waals surface area contributed by atoms with Gasteiger partial charge in [0, 0.05) is 5.56 Å². The Balaban J connectivity index is 1.64. The lowest BCUT2D eigenvalue weighted by Crippen LogP contribution is -2.54. The molecule has 0 radical (unpaired) electrons. The van der Waals surface area contributed by atoms with Crippen LogP contribution in [0.5, 0.6) is 5.75 Å². The van der Waals surface area contributed by atoms with Crippen molar-refractivity contribution in [3.05, 3.63) is 107 Å². The molecule has 4 aromatic rings. The van der Waals surface area contributed by atoms with Gasteiger partial charge in [-0.15, -0.1) is 0 Å². The van der Waals surface area contributed by atoms with Crippen molar-refractivity contribution in [2.45, 2.75) is 25.7 Å². The van der Waals surface area contributed by atoms with E-state index in [0.29, 0.717) is 11.1 Å². The molecule has 1 aliphatic rings. The van der Waals surface area contributed by atoms with Crippen molar-refractivity contribution < 1.29 is 27.0 Å². The Morgan fingerprint density at radius 1 is 0.821 bits per heavy atom. The van der Waals surface area contributed by atoms with E-state index < -0.39 is 28.0 Å². The number of benzene rings is 4. The molecule has 0 aromatic heterocycles. The van der Waals surface area contributed by atoms with E-state index in [1.54, 1.807) is 54.6 Å². The number of imide groups is 2. The van der Waals surface area contributed by atoms with E-state index in [1.807, 2.05) is 26.8 Å². The Bertz CT molecular complexity index is 1810. The third kappa shape index (κ3) is 4.92. The van der Waals surface area contributed by atoms with Crippen molar-refractivity contribution in [1.82, 2.24) is 5.32 Å². The molecule has 1 saturated heterocycles. The first-order valence-corrected chi connectivity index (χ1v) is 13.5. The van der Waals surface area contributed by atoms with Crippen LogP contribution in [-0.4, -0.2) is 26.3 Å². The van der Waals surface area contributed by atoms with Crippen LogP contribution in [0.15, 0.2) is 89.3 Å². The van der Waals surface area contributed by atoms with Crippen LogP contribution in [0.3, 0.4) is 0 Å². The zero-order valence-electron chi connectivity index (χ0n) is 21.4. The summed E-state index contributed by atoms with van der Waals surface area (Å²) in [4.78, 5) is 40.0. The van der Waals surface area contributed by atoms with Crippen LogP contribution in [0.4, 0.5) is 10.5 Å². The molecule has 39 heavy (non-hydrogen) atoms. The van der Waals surface area contributed by atoms with Crippen molar-refractivity contribution in [1.29, 1.82) is 0 Å². The summed E-state index contributed by atoms with van der Waals surface area (Å²) < 4.78 is 31.8. The number of nitrogens with one attached hydrogen (secondary N) is 1. The summed E-state index contributed by atoms with van der Waals surface area (Å²) in [5.41, 5.74) is 2.88. The minimum absolute atomic E-state index is 0.0436. The van der Waals surface area contributed by atoms with E-state index in [9.17, 15) is 22.8 Å². The summed E-state index contributed by atoms with van der Waals surface area (Å²) in [7, 11) is -4.24. The smallest absolute Gasteiger partial charge is 0.339 e. The van der Waals surface area contributed by atoms with Crippen LogP contribution < -0.4 is 14.4 Å².